The standard InChI is InChI=1S/C17H18FNO2S/c18-16-8-5-13(6-9-16)12-19-22(20,21)17-10-7-14-3-1-2-4-15(14)11-17/h5-11,19H,1-4,12H2. The van der Waals surface area contributed by atoms with Gasteiger partial charge in [-0.1, -0.05) is 18.2 Å². The molecule has 0 heterocycles. The van der Waals surface area contributed by atoms with Crippen LogP contribution in [0.4, 0.5) is 4.39 Å². The second-order valence-corrected chi connectivity index (χ2v) is 7.36. The molecule has 1 aliphatic rings. The Balaban J connectivity index is 1.76. The molecule has 116 valence electrons. The zero-order chi connectivity index (χ0) is 15.6. The molecule has 0 radical (unpaired) electrons. The predicted molar refractivity (Wildman–Crippen MR) is 83.5 cm³/mol. The Morgan fingerprint density at radius 3 is 2.36 bits per heavy atom. The Morgan fingerprint density at radius 1 is 0.955 bits per heavy atom. The summed E-state index contributed by atoms with van der Waals surface area (Å²) in [6, 6.07) is 11.2. The van der Waals surface area contributed by atoms with Gasteiger partial charge in [-0.05, 0) is 66.6 Å². The van der Waals surface area contributed by atoms with Crippen LogP contribution >= 0.6 is 0 Å². The minimum atomic E-state index is -3.55. The first-order chi connectivity index (χ1) is 10.5. The van der Waals surface area contributed by atoms with Crippen molar-refractivity contribution in [1.29, 1.82) is 0 Å². The quantitative estimate of drug-likeness (QED) is 0.941. The fraction of sp³-hybridized carbons (Fsp3) is 0.294. The molecule has 0 fully saturated rings. The number of hydrogen-bond donors (Lipinski definition) is 1. The van der Waals surface area contributed by atoms with Crippen molar-refractivity contribution in [3.05, 3.63) is 65.0 Å². The highest BCUT2D eigenvalue weighted by molar-refractivity contribution is 7.89. The van der Waals surface area contributed by atoms with E-state index in [0.717, 1.165) is 30.4 Å². The lowest BCUT2D eigenvalue weighted by atomic mass is 9.92. The molecule has 1 N–H and O–H groups in total. The van der Waals surface area contributed by atoms with Gasteiger partial charge in [-0.2, -0.15) is 0 Å². The molecule has 5 heteroatoms. The van der Waals surface area contributed by atoms with Crippen molar-refractivity contribution in [2.24, 2.45) is 0 Å². The van der Waals surface area contributed by atoms with Crippen molar-refractivity contribution in [1.82, 2.24) is 4.72 Å². The summed E-state index contributed by atoms with van der Waals surface area (Å²) in [6.07, 6.45) is 4.25. The van der Waals surface area contributed by atoms with E-state index in [-0.39, 0.29) is 12.4 Å². The van der Waals surface area contributed by atoms with Gasteiger partial charge in [-0.25, -0.2) is 17.5 Å². The van der Waals surface area contributed by atoms with Crippen molar-refractivity contribution in [3.63, 3.8) is 0 Å². The van der Waals surface area contributed by atoms with Gasteiger partial charge in [0, 0.05) is 6.54 Å². The van der Waals surface area contributed by atoms with Gasteiger partial charge < -0.3 is 0 Å². The molecule has 3 nitrogen and oxygen atoms in total. The molecule has 0 aliphatic heterocycles. The van der Waals surface area contributed by atoms with Crippen molar-refractivity contribution < 1.29 is 12.8 Å². The molecule has 2 aromatic carbocycles. The van der Waals surface area contributed by atoms with Gasteiger partial charge in [0.2, 0.25) is 10.0 Å². The van der Waals surface area contributed by atoms with E-state index in [9.17, 15) is 12.8 Å². The Hall–Kier alpha value is -1.72. The maximum atomic E-state index is 12.8. The summed E-state index contributed by atoms with van der Waals surface area (Å²) in [5.41, 5.74) is 3.11. The Bertz CT molecular complexity index is 770. The monoisotopic (exact) mass is 319 g/mol. The van der Waals surface area contributed by atoms with Crippen LogP contribution in [0.2, 0.25) is 0 Å². The number of fused-ring (bicyclic) bond motifs is 1. The van der Waals surface area contributed by atoms with E-state index in [1.165, 1.54) is 24.1 Å². The van der Waals surface area contributed by atoms with E-state index in [1.54, 1.807) is 24.3 Å². The zero-order valence-electron chi connectivity index (χ0n) is 12.2. The normalized spacial score (nSPS) is 14.6. The molecule has 1 aliphatic carbocycles. The fourth-order valence-corrected chi connectivity index (χ4v) is 3.81. The van der Waals surface area contributed by atoms with E-state index in [2.05, 4.69) is 4.72 Å². The molecule has 0 saturated carbocycles. The number of halogens is 1. The van der Waals surface area contributed by atoms with Crippen LogP contribution in [0.3, 0.4) is 0 Å². The van der Waals surface area contributed by atoms with Crippen LogP contribution in [0.25, 0.3) is 0 Å². The van der Waals surface area contributed by atoms with Crippen molar-refractivity contribution >= 4 is 10.0 Å². The highest BCUT2D eigenvalue weighted by atomic mass is 32.2. The predicted octanol–water partition coefficient (Wildman–Crippen LogP) is 3.18. The van der Waals surface area contributed by atoms with Gasteiger partial charge in [0.15, 0.2) is 0 Å². The van der Waals surface area contributed by atoms with Crippen LogP contribution in [0.1, 0.15) is 29.5 Å². The summed E-state index contributed by atoms with van der Waals surface area (Å²) in [7, 11) is -3.55. The van der Waals surface area contributed by atoms with Gasteiger partial charge in [-0.3, -0.25) is 0 Å². The first kappa shape index (κ1) is 15.2. The summed E-state index contributed by atoms with van der Waals surface area (Å²) in [4.78, 5) is 0.301. The SMILES string of the molecule is O=S(=O)(NCc1ccc(F)cc1)c1ccc2c(c1)CCCC2. The molecule has 0 aromatic heterocycles. The number of hydrogen-bond acceptors (Lipinski definition) is 2. The van der Waals surface area contributed by atoms with E-state index < -0.39 is 10.0 Å². The maximum Gasteiger partial charge on any atom is 0.240 e. The third-order valence-corrected chi connectivity index (χ3v) is 5.41. The maximum absolute atomic E-state index is 12.8. The molecular weight excluding hydrogens is 301 g/mol. The highest BCUT2D eigenvalue weighted by Crippen LogP contribution is 2.24. The summed E-state index contributed by atoms with van der Waals surface area (Å²) in [6.45, 7) is 0.152. The molecule has 2 aromatic rings. The highest BCUT2D eigenvalue weighted by Gasteiger charge is 2.17. The average molecular weight is 319 g/mol. The summed E-state index contributed by atoms with van der Waals surface area (Å²) in [5, 5.41) is 0. The molecule has 0 amide bonds. The average Bonchev–Trinajstić information content (AvgIpc) is 2.54. The summed E-state index contributed by atoms with van der Waals surface area (Å²) >= 11 is 0. The molecule has 22 heavy (non-hydrogen) atoms. The third kappa shape index (κ3) is 3.36. The van der Waals surface area contributed by atoms with E-state index in [0.29, 0.717) is 4.90 Å². The van der Waals surface area contributed by atoms with Crippen molar-refractivity contribution in [2.75, 3.05) is 0 Å². The molecule has 3 rings (SSSR count). The Morgan fingerprint density at radius 2 is 1.64 bits per heavy atom. The minimum absolute atomic E-state index is 0.152. The number of benzene rings is 2. The third-order valence-electron chi connectivity index (χ3n) is 4.01. The van der Waals surface area contributed by atoms with Crippen LogP contribution < -0.4 is 4.72 Å². The zero-order valence-corrected chi connectivity index (χ0v) is 13.0. The topological polar surface area (TPSA) is 46.2 Å². The first-order valence-electron chi connectivity index (χ1n) is 7.40. The molecular formula is C17H18FNO2S. The van der Waals surface area contributed by atoms with Gasteiger partial charge >= 0.3 is 0 Å². The van der Waals surface area contributed by atoms with Crippen LogP contribution in [0.15, 0.2) is 47.4 Å². The second-order valence-electron chi connectivity index (χ2n) is 5.59. The van der Waals surface area contributed by atoms with E-state index >= 15 is 0 Å². The molecule has 0 bridgehead atoms. The van der Waals surface area contributed by atoms with E-state index in [1.807, 2.05) is 6.07 Å². The van der Waals surface area contributed by atoms with Crippen LogP contribution in [-0.2, 0) is 29.4 Å². The smallest absolute Gasteiger partial charge is 0.207 e. The minimum Gasteiger partial charge on any atom is -0.207 e. The molecule has 0 saturated heterocycles. The van der Waals surface area contributed by atoms with Gasteiger partial charge in [-0.15, -0.1) is 0 Å². The van der Waals surface area contributed by atoms with Crippen molar-refractivity contribution in [3.8, 4) is 0 Å². The second kappa shape index (κ2) is 6.18. The van der Waals surface area contributed by atoms with Crippen LogP contribution in [-0.4, -0.2) is 8.42 Å². The van der Waals surface area contributed by atoms with Gasteiger partial charge in [0.05, 0.1) is 4.90 Å². The fourth-order valence-electron chi connectivity index (χ4n) is 2.74. The molecule has 0 atom stereocenters. The number of sulfonamides is 1. The van der Waals surface area contributed by atoms with Gasteiger partial charge in [0.25, 0.3) is 0 Å². The largest absolute Gasteiger partial charge is 0.240 e. The lowest BCUT2D eigenvalue weighted by Gasteiger charge is -2.16. The van der Waals surface area contributed by atoms with Crippen molar-refractivity contribution in [2.45, 2.75) is 37.1 Å². The number of rotatable bonds is 4. The van der Waals surface area contributed by atoms with Crippen LogP contribution in [0, 0.1) is 5.82 Å². The summed E-state index contributed by atoms with van der Waals surface area (Å²) in [5.74, 6) is -0.332. The molecule has 0 unspecified atom stereocenters. The lowest BCUT2D eigenvalue weighted by Crippen LogP contribution is -2.23. The van der Waals surface area contributed by atoms with Crippen LogP contribution in [0.5, 0.6) is 0 Å². The first-order valence-corrected chi connectivity index (χ1v) is 8.89. The number of nitrogens with one attached hydrogen (secondary N) is 1. The lowest BCUT2D eigenvalue weighted by molar-refractivity contribution is 0.580. The Labute approximate surface area is 130 Å². The summed E-state index contributed by atoms with van der Waals surface area (Å²) < 4.78 is 40.2. The van der Waals surface area contributed by atoms with Gasteiger partial charge in [0.1, 0.15) is 5.82 Å². The van der Waals surface area contributed by atoms with E-state index in [4.69, 9.17) is 0 Å². The Kier molecular flexibility index (Phi) is 4.27. The molecule has 0 spiro atoms. The number of aryl methyl sites for hydroxylation is 2.